The van der Waals surface area contributed by atoms with E-state index in [4.69, 9.17) is 5.73 Å². The standard InChI is InChI=1S/C24H25N3O3S/c1-16-21(17-7-4-3-5-8-17)13-19(14-22(16)24(25)28)26-23-10-6-9-18-15-27(31(2,29)30)12-11-20(18)23/h3-10,13-14,26H,11-12,15H2,1-2H3,(H2,25,28). The van der Waals surface area contributed by atoms with E-state index in [2.05, 4.69) is 5.32 Å². The van der Waals surface area contributed by atoms with Crippen molar-refractivity contribution in [2.24, 2.45) is 5.73 Å². The zero-order valence-electron chi connectivity index (χ0n) is 17.6. The van der Waals surface area contributed by atoms with Crippen LogP contribution in [0.25, 0.3) is 11.1 Å². The van der Waals surface area contributed by atoms with Gasteiger partial charge in [0.1, 0.15) is 0 Å². The van der Waals surface area contributed by atoms with Crippen LogP contribution in [0.3, 0.4) is 0 Å². The highest BCUT2D eigenvalue weighted by Gasteiger charge is 2.24. The Bertz CT molecular complexity index is 1250. The first kappa shape index (κ1) is 21.1. The topological polar surface area (TPSA) is 92.5 Å². The van der Waals surface area contributed by atoms with Crippen LogP contribution in [0.2, 0.25) is 0 Å². The van der Waals surface area contributed by atoms with Gasteiger partial charge in [0.2, 0.25) is 15.9 Å². The summed E-state index contributed by atoms with van der Waals surface area (Å²) in [6.07, 6.45) is 1.86. The average molecular weight is 436 g/mol. The third-order valence-electron chi connectivity index (χ3n) is 5.74. The van der Waals surface area contributed by atoms with E-state index in [0.29, 0.717) is 25.1 Å². The number of rotatable bonds is 5. The molecule has 0 atom stereocenters. The van der Waals surface area contributed by atoms with Crippen molar-refractivity contribution in [2.45, 2.75) is 19.9 Å². The van der Waals surface area contributed by atoms with Crippen molar-refractivity contribution in [3.8, 4) is 11.1 Å². The number of anilines is 2. The van der Waals surface area contributed by atoms with Crippen LogP contribution in [-0.4, -0.2) is 31.4 Å². The molecule has 0 unspecified atom stereocenters. The summed E-state index contributed by atoms with van der Waals surface area (Å²) in [6.45, 7) is 2.70. The summed E-state index contributed by atoms with van der Waals surface area (Å²) < 4.78 is 25.4. The Labute approximate surface area is 182 Å². The van der Waals surface area contributed by atoms with Gasteiger partial charge in [-0.25, -0.2) is 8.42 Å². The fraction of sp³-hybridized carbons (Fsp3) is 0.208. The Morgan fingerprint density at radius 2 is 1.81 bits per heavy atom. The summed E-state index contributed by atoms with van der Waals surface area (Å²) in [5.41, 5.74) is 12.6. The summed E-state index contributed by atoms with van der Waals surface area (Å²) in [5, 5.41) is 3.44. The maximum Gasteiger partial charge on any atom is 0.249 e. The quantitative estimate of drug-likeness (QED) is 0.637. The van der Waals surface area contributed by atoms with Crippen molar-refractivity contribution in [2.75, 3.05) is 18.1 Å². The van der Waals surface area contributed by atoms with Crippen LogP contribution in [0.1, 0.15) is 27.0 Å². The lowest BCUT2D eigenvalue weighted by Crippen LogP contribution is -2.35. The highest BCUT2D eigenvalue weighted by Crippen LogP contribution is 2.33. The Morgan fingerprint density at radius 3 is 2.48 bits per heavy atom. The number of carbonyl (C=O) groups excluding carboxylic acids is 1. The van der Waals surface area contributed by atoms with E-state index in [-0.39, 0.29) is 0 Å². The van der Waals surface area contributed by atoms with Crippen LogP contribution in [-0.2, 0) is 23.0 Å². The molecule has 3 N–H and O–H groups in total. The smallest absolute Gasteiger partial charge is 0.249 e. The zero-order chi connectivity index (χ0) is 22.2. The normalized spacial score (nSPS) is 14.1. The Balaban J connectivity index is 1.74. The van der Waals surface area contributed by atoms with Gasteiger partial charge in [-0.3, -0.25) is 4.79 Å². The molecule has 160 valence electrons. The number of amides is 1. The minimum atomic E-state index is -3.23. The van der Waals surface area contributed by atoms with E-state index in [0.717, 1.165) is 39.2 Å². The SMILES string of the molecule is Cc1c(C(N)=O)cc(Nc2cccc3c2CCN(S(C)(=O)=O)C3)cc1-c1ccccc1. The van der Waals surface area contributed by atoms with Gasteiger partial charge in [-0.2, -0.15) is 4.31 Å². The summed E-state index contributed by atoms with van der Waals surface area (Å²) in [7, 11) is -3.23. The van der Waals surface area contributed by atoms with Crippen molar-refractivity contribution in [3.63, 3.8) is 0 Å². The fourth-order valence-electron chi connectivity index (χ4n) is 4.10. The van der Waals surface area contributed by atoms with E-state index < -0.39 is 15.9 Å². The molecule has 0 spiro atoms. The molecule has 0 saturated carbocycles. The maximum atomic E-state index is 12.1. The lowest BCUT2D eigenvalue weighted by Gasteiger charge is -2.28. The first-order valence-electron chi connectivity index (χ1n) is 10.1. The minimum Gasteiger partial charge on any atom is -0.366 e. The van der Waals surface area contributed by atoms with Crippen molar-refractivity contribution in [1.29, 1.82) is 0 Å². The predicted octanol–water partition coefficient (Wildman–Crippen LogP) is 3.82. The van der Waals surface area contributed by atoms with Crippen LogP contribution >= 0.6 is 0 Å². The molecule has 1 aliphatic heterocycles. The largest absolute Gasteiger partial charge is 0.366 e. The molecule has 1 aliphatic rings. The van der Waals surface area contributed by atoms with E-state index >= 15 is 0 Å². The minimum absolute atomic E-state index is 0.361. The summed E-state index contributed by atoms with van der Waals surface area (Å²) in [6, 6.07) is 19.5. The van der Waals surface area contributed by atoms with Gasteiger partial charge in [0.15, 0.2) is 0 Å². The Morgan fingerprint density at radius 1 is 1.06 bits per heavy atom. The van der Waals surface area contributed by atoms with E-state index in [9.17, 15) is 13.2 Å². The molecule has 3 aromatic rings. The monoisotopic (exact) mass is 435 g/mol. The molecular weight excluding hydrogens is 410 g/mol. The lowest BCUT2D eigenvalue weighted by molar-refractivity contribution is 0.1000. The molecule has 1 amide bonds. The third-order valence-corrected chi connectivity index (χ3v) is 6.99. The van der Waals surface area contributed by atoms with Gasteiger partial charge in [0.25, 0.3) is 0 Å². The highest BCUT2D eigenvalue weighted by atomic mass is 32.2. The predicted molar refractivity (Wildman–Crippen MR) is 124 cm³/mol. The summed E-state index contributed by atoms with van der Waals surface area (Å²) in [4.78, 5) is 12.1. The molecule has 0 saturated heterocycles. The molecule has 1 heterocycles. The number of nitrogens with zero attached hydrogens (tertiary/aromatic N) is 1. The molecule has 4 rings (SSSR count). The number of nitrogens with one attached hydrogen (secondary N) is 1. The second-order valence-corrected chi connectivity index (χ2v) is 9.82. The van der Waals surface area contributed by atoms with Gasteiger partial charge in [0, 0.05) is 30.0 Å². The fourth-order valence-corrected chi connectivity index (χ4v) is 4.90. The molecule has 0 aromatic heterocycles. The number of carbonyl (C=O) groups is 1. The van der Waals surface area contributed by atoms with Gasteiger partial charge in [-0.1, -0.05) is 42.5 Å². The number of hydrogen-bond donors (Lipinski definition) is 2. The second-order valence-electron chi connectivity index (χ2n) is 7.84. The molecule has 0 fully saturated rings. The molecule has 0 bridgehead atoms. The first-order chi connectivity index (χ1) is 14.7. The van der Waals surface area contributed by atoms with Gasteiger partial charge in [-0.15, -0.1) is 0 Å². The molecule has 3 aromatic carbocycles. The number of nitrogens with two attached hydrogens (primary N) is 1. The van der Waals surface area contributed by atoms with Crippen LogP contribution < -0.4 is 11.1 Å². The van der Waals surface area contributed by atoms with Crippen molar-refractivity contribution >= 4 is 27.3 Å². The van der Waals surface area contributed by atoms with Gasteiger partial charge in [0.05, 0.1) is 6.26 Å². The van der Waals surface area contributed by atoms with E-state index in [1.807, 2.05) is 61.5 Å². The maximum absolute atomic E-state index is 12.1. The molecule has 6 nitrogen and oxygen atoms in total. The average Bonchev–Trinajstić information content (AvgIpc) is 2.74. The second kappa shape index (κ2) is 8.17. The zero-order valence-corrected chi connectivity index (χ0v) is 18.4. The number of primary amides is 1. The highest BCUT2D eigenvalue weighted by molar-refractivity contribution is 7.88. The van der Waals surface area contributed by atoms with E-state index in [1.165, 1.54) is 10.6 Å². The van der Waals surface area contributed by atoms with Gasteiger partial charge >= 0.3 is 0 Å². The van der Waals surface area contributed by atoms with Crippen LogP contribution in [0, 0.1) is 6.92 Å². The summed E-state index contributed by atoms with van der Waals surface area (Å²) in [5.74, 6) is -0.475. The molecule has 0 radical (unpaired) electrons. The van der Waals surface area contributed by atoms with Crippen molar-refractivity contribution in [1.82, 2.24) is 4.31 Å². The van der Waals surface area contributed by atoms with Crippen LogP contribution in [0.15, 0.2) is 60.7 Å². The number of sulfonamides is 1. The number of hydrogen-bond acceptors (Lipinski definition) is 4. The van der Waals surface area contributed by atoms with E-state index in [1.54, 1.807) is 6.07 Å². The molecule has 31 heavy (non-hydrogen) atoms. The summed E-state index contributed by atoms with van der Waals surface area (Å²) >= 11 is 0. The molecular formula is C24H25N3O3S. The Hall–Kier alpha value is -3.16. The first-order valence-corrected chi connectivity index (χ1v) is 11.9. The molecule has 7 heteroatoms. The lowest BCUT2D eigenvalue weighted by atomic mass is 9.94. The van der Waals surface area contributed by atoms with Crippen molar-refractivity contribution < 1.29 is 13.2 Å². The van der Waals surface area contributed by atoms with Gasteiger partial charge in [-0.05, 0) is 59.4 Å². The third kappa shape index (κ3) is 4.33. The number of fused-ring (bicyclic) bond motifs is 1. The van der Waals surface area contributed by atoms with Crippen LogP contribution in [0.5, 0.6) is 0 Å². The van der Waals surface area contributed by atoms with Crippen LogP contribution in [0.4, 0.5) is 11.4 Å². The molecule has 0 aliphatic carbocycles. The van der Waals surface area contributed by atoms with Gasteiger partial charge < -0.3 is 11.1 Å². The number of benzene rings is 3. The van der Waals surface area contributed by atoms with Crippen molar-refractivity contribution in [3.05, 3.63) is 82.9 Å². The Kier molecular flexibility index (Phi) is 5.56.